The molecule has 0 atom stereocenters. The van der Waals surface area contributed by atoms with Gasteiger partial charge in [0.15, 0.2) is 0 Å². The van der Waals surface area contributed by atoms with E-state index in [4.69, 9.17) is 0 Å². The molecule has 5 heteroatoms. The maximum atomic E-state index is 13.8. The lowest BCUT2D eigenvalue weighted by molar-refractivity contribution is 0.0618. The van der Waals surface area contributed by atoms with Gasteiger partial charge in [0.05, 0.1) is 5.56 Å². The van der Waals surface area contributed by atoms with Gasteiger partial charge in [-0.25, -0.2) is 4.39 Å². The van der Waals surface area contributed by atoms with Crippen LogP contribution in [-0.4, -0.2) is 48.4 Å². The molecule has 2 rings (SSSR count). The summed E-state index contributed by atoms with van der Waals surface area (Å²) in [6, 6.07) is 4.62. The number of nitrogens with zero attached hydrogens (tertiary/aromatic N) is 2. The van der Waals surface area contributed by atoms with Crippen LogP contribution in [0.4, 0.5) is 4.39 Å². The molecule has 1 aromatic rings. The lowest BCUT2D eigenvalue weighted by atomic mass is 10.1. The first-order chi connectivity index (χ1) is 9.49. The predicted molar refractivity (Wildman–Crippen MR) is 81.3 cm³/mol. The Morgan fingerprint density at radius 3 is 2.50 bits per heavy atom. The first kappa shape index (κ1) is 15.4. The van der Waals surface area contributed by atoms with E-state index in [0.29, 0.717) is 23.5 Å². The summed E-state index contributed by atoms with van der Waals surface area (Å²) in [5, 5.41) is 0. The van der Waals surface area contributed by atoms with Crippen LogP contribution in [0.5, 0.6) is 0 Å². The maximum absolute atomic E-state index is 13.8. The third-order valence-corrected chi connectivity index (χ3v) is 4.12. The molecule has 1 heterocycles. The molecule has 3 nitrogen and oxygen atoms in total. The van der Waals surface area contributed by atoms with Gasteiger partial charge in [-0.1, -0.05) is 19.9 Å². The van der Waals surface area contributed by atoms with Crippen molar-refractivity contribution in [2.75, 3.05) is 32.7 Å². The molecule has 1 aromatic carbocycles. The Balaban J connectivity index is 2.02. The molecule has 0 aromatic heterocycles. The van der Waals surface area contributed by atoms with E-state index in [-0.39, 0.29) is 11.5 Å². The van der Waals surface area contributed by atoms with E-state index in [0.717, 1.165) is 19.6 Å². The molecule has 0 saturated carbocycles. The molecular weight excluding hydrogens is 323 g/mol. The smallest absolute Gasteiger partial charge is 0.258 e. The van der Waals surface area contributed by atoms with Crippen molar-refractivity contribution in [2.45, 2.75) is 13.8 Å². The molecule has 0 aliphatic carbocycles. The average Bonchev–Trinajstić information content (AvgIpc) is 2.38. The fourth-order valence-corrected chi connectivity index (χ4v) is 3.02. The molecular formula is C15H20BrFN2O. The highest BCUT2D eigenvalue weighted by Gasteiger charge is 2.25. The summed E-state index contributed by atoms with van der Waals surface area (Å²) in [6.45, 7) is 8.46. The third-order valence-electron chi connectivity index (χ3n) is 3.46. The highest BCUT2D eigenvalue weighted by molar-refractivity contribution is 9.10. The number of hydrogen-bond acceptors (Lipinski definition) is 2. The fourth-order valence-electron chi connectivity index (χ4n) is 2.51. The van der Waals surface area contributed by atoms with Crippen molar-refractivity contribution in [2.24, 2.45) is 5.92 Å². The van der Waals surface area contributed by atoms with Gasteiger partial charge in [0.2, 0.25) is 0 Å². The van der Waals surface area contributed by atoms with E-state index in [9.17, 15) is 9.18 Å². The van der Waals surface area contributed by atoms with Crippen LogP contribution in [0.2, 0.25) is 0 Å². The molecule has 0 bridgehead atoms. The number of rotatable bonds is 3. The molecule has 1 aliphatic heterocycles. The number of halogens is 2. The highest BCUT2D eigenvalue weighted by Crippen LogP contribution is 2.22. The zero-order valence-electron chi connectivity index (χ0n) is 11.9. The van der Waals surface area contributed by atoms with Crippen LogP contribution in [0, 0.1) is 11.7 Å². The van der Waals surface area contributed by atoms with Gasteiger partial charge in [-0.15, -0.1) is 0 Å². The van der Waals surface area contributed by atoms with Gasteiger partial charge in [-0.3, -0.25) is 9.69 Å². The number of benzene rings is 1. The van der Waals surface area contributed by atoms with Crippen LogP contribution in [0.25, 0.3) is 0 Å². The second-order valence-corrected chi connectivity index (χ2v) is 6.44. The lowest BCUT2D eigenvalue weighted by Gasteiger charge is -2.35. The van der Waals surface area contributed by atoms with Crippen LogP contribution in [0.3, 0.4) is 0 Å². The maximum Gasteiger partial charge on any atom is 0.258 e. The van der Waals surface area contributed by atoms with Crippen LogP contribution in [-0.2, 0) is 0 Å². The normalized spacial score (nSPS) is 16.8. The van der Waals surface area contributed by atoms with Gasteiger partial charge in [-0.05, 0) is 34.0 Å². The quantitative estimate of drug-likeness (QED) is 0.842. The number of piperazine rings is 1. The number of amides is 1. The monoisotopic (exact) mass is 342 g/mol. The van der Waals surface area contributed by atoms with Crippen molar-refractivity contribution in [3.63, 3.8) is 0 Å². The lowest BCUT2D eigenvalue weighted by Crippen LogP contribution is -2.49. The van der Waals surface area contributed by atoms with Crippen LogP contribution in [0.1, 0.15) is 24.2 Å². The summed E-state index contributed by atoms with van der Waals surface area (Å²) in [5.74, 6) is -0.0638. The van der Waals surface area contributed by atoms with Crippen molar-refractivity contribution in [3.8, 4) is 0 Å². The third kappa shape index (κ3) is 3.58. The van der Waals surface area contributed by atoms with Crippen molar-refractivity contribution in [1.29, 1.82) is 0 Å². The van der Waals surface area contributed by atoms with Gasteiger partial charge >= 0.3 is 0 Å². The molecule has 0 unspecified atom stereocenters. The van der Waals surface area contributed by atoms with Crippen LogP contribution < -0.4 is 0 Å². The first-order valence-corrected chi connectivity index (χ1v) is 7.74. The SMILES string of the molecule is CC(C)CN1CCN(C(=O)c2c(F)cccc2Br)CC1. The van der Waals surface area contributed by atoms with E-state index in [1.54, 1.807) is 17.0 Å². The zero-order valence-corrected chi connectivity index (χ0v) is 13.5. The van der Waals surface area contributed by atoms with Crippen molar-refractivity contribution >= 4 is 21.8 Å². The topological polar surface area (TPSA) is 23.6 Å². The molecule has 1 amide bonds. The Hall–Kier alpha value is -0.940. The van der Waals surface area contributed by atoms with Crippen LogP contribution in [0.15, 0.2) is 22.7 Å². The summed E-state index contributed by atoms with van der Waals surface area (Å²) < 4.78 is 14.3. The minimum Gasteiger partial charge on any atom is -0.336 e. The van der Waals surface area contributed by atoms with Crippen molar-refractivity contribution in [1.82, 2.24) is 9.80 Å². The summed E-state index contributed by atoms with van der Waals surface area (Å²) >= 11 is 3.26. The van der Waals surface area contributed by atoms with Gasteiger partial charge in [0.1, 0.15) is 5.82 Å². The minimum absolute atomic E-state index is 0.143. The second kappa shape index (κ2) is 6.68. The van der Waals surface area contributed by atoms with E-state index in [1.165, 1.54) is 6.07 Å². The second-order valence-electron chi connectivity index (χ2n) is 5.58. The van der Waals surface area contributed by atoms with Gasteiger partial charge < -0.3 is 4.90 Å². The highest BCUT2D eigenvalue weighted by atomic mass is 79.9. The molecule has 1 fully saturated rings. The van der Waals surface area contributed by atoms with Crippen molar-refractivity contribution < 1.29 is 9.18 Å². The largest absolute Gasteiger partial charge is 0.336 e. The number of carbonyl (C=O) groups excluding carboxylic acids is 1. The Labute approximate surface area is 127 Å². The Morgan fingerprint density at radius 1 is 1.30 bits per heavy atom. The van der Waals surface area contributed by atoms with Crippen LogP contribution >= 0.6 is 15.9 Å². The van der Waals surface area contributed by atoms with E-state index >= 15 is 0 Å². The fraction of sp³-hybridized carbons (Fsp3) is 0.533. The standard InChI is InChI=1S/C15H20BrFN2O/c1-11(2)10-18-6-8-19(9-7-18)15(20)14-12(16)4-3-5-13(14)17/h3-5,11H,6-10H2,1-2H3. The number of hydrogen-bond donors (Lipinski definition) is 0. The molecule has 1 aliphatic rings. The molecule has 110 valence electrons. The summed E-state index contributed by atoms with van der Waals surface area (Å²) in [6.07, 6.45) is 0. The predicted octanol–water partition coefficient (Wildman–Crippen LogP) is 3.00. The molecule has 1 saturated heterocycles. The molecule has 0 radical (unpaired) electrons. The van der Waals surface area contributed by atoms with E-state index < -0.39 is 5.82 Å². The molecule has 0 spiro atoms. The Morgan fingerprint density at radius 2 is 1.95 bits per heavy atom. The van der Waals surface area contributed by atoms with E-state index in [1.807, 2.05) is 0 Å². The zero-order chi connectivity index (χ0) is 14.7. The molecule has 20 heavy (non-hydrogen) atoms. The Kier molecular flexibility index (Phi) is 5.16. The average molecular weight is 343 g/mol. The number of carbonyl (C=O) groups is 1. The summed E-state index contributed by atoms with van der Waals surface area (Å²) in [4.78, 5) is 16.5. The van der Waals surface area contributed by atoms with Gasteiger partial charge in [-0.2, -0.15) is 0 Å². The van der Waals surface area contributed by atoms with Gasteiger partial charge in [0.25, 0.3) is 5.91 Å². The van der Waals surface area contributed by atoms with Crippen molar-refractivity contribution in [3.05, 3.63) is 34.1 Å². The summed E-state index contributed by atoms with van der Waals surface area (Å²) in [5.41, 5.74) is 0.143. The van der Waals surface area contributed by atoms with Gasteiger partial charge in [0, 0.05) is 37.2 Å². The van der Waals surface area contributed by atoms with E-state index in [2.05, 4.69) is 34.7 Å². The first-order valence-electron chi connectivity index (χ1n) is 6.94. The molecule has 0 N–H and O–H groups in total. The minimum atomic E-state index is -0.464. The summed E-state index contributed by atoms with van der Waals surface area (Å²) in [7, 11) is 0. The Bertz CT molecular complexity index is 465.